The highest BCUT2D eigenvalue weighted by Crippen LogP contribution is 2.19. The molecule has 0 spiro atoms. The van der Waals surface area contributed by atoms with Crippen molar-refractivity contribution in [2.45, 2.75) is 37.2 Å². The van der Waals surface area contributed by atoms with E-state index in [0.717, 1.165) is 25.2 Å². The fraction of sp³-hybridized carbons (Fsp3) is 0.571. The number of hydrogen-bond donors (Lipinski definition) is 0. The molecule has 124 valence electrons. The van der Waals surface area contributed by atoms with E-state index < -0.39 is 0 Å². The number of rotatable bonds is 7. The van der Waals surface area contributed by atoms with Crippen LogP contribution < -0.4 is 0 Å². The summed E-state index contributed by atoms with van der Waals surface area (Å²) in [5, 5.41) is 12.3. The lowest BCUT2D eigenvalue weighted by molar-refractivity contribution is -0.127. The van der Waals surface area contributed by atoms with Gasteiger partial charge in [0.15, 0.2) is 0 Å². The average molecular weight is 337 g/mol. The van der Waals surface area contributed by atoms with Gasteiger partial charge in [0.05, 0.1) is 31.2 Å². The maximum atomic E-state index is 12.2. The van der Waals surface area contributed by atoms with Gasteiger partial charge in [0.2, 0.25) is 11.1 Å². The average Bonchev–Trinajstić information content (AvgIpc) is 3.28. The molecule has 0 saturated carbocycles. The fourth-order valence-corrected chi connectivity index (χ4v) is 3.18. The number of ether oxygens (including phenoxy) is 1. The summed E-state index contributed by atoms with van der Waals surface area (Å²) in [6.07, 6.45) is 3.86. The van der Waals surface area contributed by atoms with Crippen LogP contribution in [0.1, 0.15) is 18.6 Å². The number of furan rings is 1. The third-order valence-corrected chi connectivity index (χ3v) is 4.57. The molecule has 1 unspecified atom stereocenters. The van der Waals surface area contributed by atoms with Gasteiger partial charge in [-0.3, -0.25) is 4.79 Å². The van der Waals surface area contributed by atoms with Crippen LogP contribution in [0.25, 0.3) is 0 Å². The molecule has 3 heterocycles. The first kappa shape index (κ1) is 16.0. The van der Waals surface area contributed by atoms with Crippen molar-refractivity contribution in [2.75, 3.05) is 19.4 Å². The molecule has 2 aromatic rings. The van der Waals surface area contributed by atoms with Gasteiger partial charge < -0.3 is 14.1 Å². The number of aromatic nitrogens is 4. The van der Waals surface area contributed by atoms with Crippen molar-refractivity contribution >= 4 is 17.7 Å². The van der Waals surface area contributed by atoms with Crippen LogP contribution in [-0.2, 0) is 22.6 Å². The van der Waals surface area contributed by atoms with Crippen molar-refractivity contribution < 1.29 is 13.9 Å². The molecule has 1 aliphatic heterocycles. The number of thioether (sulfide) groups is 1. The number of carbonyl (C=O) groups excluding carboxylic acids is 1. The molecule has 0 radical (unpaired) electrons. The molecule has 3 rings (SSSR count). The van der Waals surface area contributed by atoms with E-state index in [1.54, 1.807) is 22.9 Å². The smallest absolute Gasteiger partial charge is 0.233 e. The third-order valence-electron chi connectivity index (χ3n) is 3.62. The van der Waals surface area contributed by atoms with Crippen LogP contribution in [0.2, 0.25) is 0 Å². The minimum absolute atomic E-state index is 0.00179. The van der Waals surface area contributed by atoms with Crippen molar-refractivity contribution in [1.82, 2.24) is 25.1 Å². The topological polar surface area (TPSA) is 86.3 Å². The minimum Gasteiger partial charge on any atom is -0.467 e. The highest BCUT2D eigenvalue weighted by molar-refractivity contribution is 7.99. The van der Waals surface area contributed by atoms with Crippen molar-refractivity contribution in [1.29, 1.82) is 0 Å². The van der Waals surface area contributed by atoms with E-state index in [9.17, 15) is 4.79 Å². The van der Waals surface area contributed by atoms with Crippen LogP contribution in [0.15, 0.2) is 28.0 Å². The molecule has 0 N–H and O–H groups in total. The summed E-state index contributed by atoms with van der Waals surface area (Å²) in [4.78, 5) is 13.8. The minimum atomic E-state index is -0.00179. The van der Waals surface area contributed by atoms with Gasteiger partial charge in [0, 0.05) is 13.7 Å². The summed E-state index contributed by atoms with van der Waals surface area (Å²) in [6.45, 7) is 1.88. The number of carbonyl (C=O) groups is 1. The zero-order chi connectivity index (χ0) is 16.1. The Labute approximate surface area is 138 Å². The van der Waals surface area contributed by atoms with Crippen LogP contribution in [0, 0.1) is 0 Å². The second kappa shape index (κ2) is 7.60. The highest BCUT2D eigenvalue weighted by atomic mass is 32.2. The van der Waals surface area contributed by atoms with E-state index in [1.165, 1.54) is 11.8 Å². The van der Waals surface area contributed by atoms with Crippen LogP contribution in [-0.4, -0.2) is 56.5 Å². The molecule has 1 fully saturated rings. The Hall–Kier alpha value is -1.87. The Morgan fingerprint density at radius 3 is 3.22 bits per heavy atom. The summed E-state index contributed by atoms with van der Waals surface area (Å²) in [6, 6.07) is 3.65. The Bertz CT molecular complexity index is 624. The maximum Gasteiger partial charge on any atom is 0.233 e. The lowest BCUT2D eigenvalue weighted by Gasteiger charge is -2.15. The van der Waals surface area contributed by atoms with Gasteiger partial charge in [0.1, 0.15) is 5.76 Å². The van der Waals surface area contributed by atoms with Gasteiger partial charge in [-0.1, -0.05) is 11.8 Å². The van der Waals surface area contributed by atoms with Crippen LogP contribution in [0.5, 0.6) is 0 Å². The van der Waals surface area contributed by atoms with E-state index in [2.05, 4.69) is 15.5 Å². The first-order chi connectivity index (χ1) is 11.2. The Kier molecular flexibility index (Phi) is 5.29. The first-order valence-electron chi connectivity index (χ1n) is 7.49. The molecule has 1 saturated heterocycles. The summed E-state index contributed by atoms with van der Waals surface area (Å²) < 4.78 is 12.5. The normalized spacial score (nSPS) is 17.5. The number of tetrazole rings is 1. The van der Waals surface area contributed by atoms with E-state index in [1.807, 2.05) is 12.1 Å². The third kappa shape index (κ3) is 4.32. The van der Waals surface area contributed by atoms with Crippen molar-refractivity contribution in [2.24, 2.45) is 0 Å². The Morgan fingerprint density at radius 1 is 1.57 bits per heavy atom. The molecule has 1 aliphatic rings. The zero-order valence-electron chi connectivity index (χ0n) is 12.9. The van der Waals surface area contributed by atoms with E-state index >= 15 is 0 Å². The second-order valence-corrected chi connectivity index (χ2v) is 6.34. The van der Waals surface area contributed by atoms with Gasteiger partial charge in [-0.2, -0.15) is 0 Å². The second-order valence-electron chi connectivity index (χ2n) is 5.40. The SMILES string of the molecule is CN(Cc1ccco1)C(=O)CSc1nnnn1CC1CCCO1. The highest BCUT2D eigenvalue weighted by Gasteiger charge is 2.20. The summed E-state index contributed by atoms with van der Waals surface area (Å²) in [5.74, 6) is 1.04. The molecule has 0 aromatic carbocycles. The van der Waals surface area contributed by atoms with Gasteiger partial charge in [0.25, 0.3) is 0 Å². The number of nitrogens with zero attached hydrogens (tertiary/aromatic N) is 5. The maximum absolute atomic E-state index is 12.2. The van der Waals surface area contributed by atoms with E-state index in [-0.39, 0.29) is 17.8 Å². The zero-order valence-corrected chi connectivity index (χ0v) is 13.7. The van der Waals surface area contributed by atoms with Crippen LogP contribution in [0.4, 0.5) is 0 Å². The van der Waals surface area contributed by atoms with Gasteiger partial charge in [-0.15, -0.1) is 5.10 Å². The molecule has 2 aromatic heterocycles. The molecular formula is C14H19N5O3S. The van der Waals surface area contributed by atoms with Gasteiger partial charge in [-0.25, -0.2) is 4.68 Å². The van der Waals surface area contributed by atoms with Gasteiger partial charge >= 0.3 is 0 Å². The Morgan fingerprint density at radius 2 is 2.48 bits per heavy atom. The summed E-state index contributed by atoms with van der Waals surface area (Å²) >= 11 is 1.34. The molecular weight excluding hydrogens is 318 g/mol. The molecule has 1 atom stereocenters. The number of amides is 1. The first-order valence-corrected chi connectivity index (χ1v) is 8.48. The van der Waals surface area contributed by atoms with E-state index in [4.69, 9.17) is 9.15 Å². The molecule has 1 amide bonds. The Balaban J connectivity index is 1.49. The van der Waals surface area contributed by atoms with Crippen molar-refractivity contribution in [3.8, 4) is 0 Å². The summed E-state index contributed by atoms with van der Waals surface area (Å²) in [5.41, 5.74) is 0. The molecule has 8 nitrogen and oxygen atoms in total. The van der Waals surface area contributed by atoms with Crippen LogP contribution >= 0.6 is 11.8 Å². The molecule has 23 heavy (non-hydrogen) atoms. The summed E-state index contributed by atoms with van der Waals surface area (Å²) in [7, 11) is 1.75. The molecule has 0 bridgehead atoms. The van der Waals surface area contributed by atoms with E-state index in [0.29, 0.717) is 18.2 Å². The predicted molar refractivity (Wildman–Crippen MR) is 82.7 cm³/mol. The fourth-order valence-electron chi connectivity index (χ4n) is 2.36. The van der Waals surface area contributed by atoms with Crippen molar-refractivity contribution in [3.63, 3.8) is 0 Å². The lowest BCUT2D eigenvalue weighted by Crippen LogP contribution is -2.27. The largest absolute Gasteiger partial charge is 0.467 e. The van der Waals surface area contributed by atoms with Crippen molar-refractivity contribution in [3.05, 3.63) is 24.2 Å². The predicted octanol–water partition coefficient (Wildman–Crippen LogP) is 1.20. The molecule has 9 heteroatoms. The molecule has 0 aliphatic carbocycles. The van der Waals surface area contributed by atoms with Crippen LogP contribution in [0.3, 0.4) is 0 Å². The monoisotopic (exact) mass is 337 g/mol. The quantitative estimate of drug-likeness (QED) is 0.702. The number of hydrogen-bond acceptors (Lipinski definition) is 7. The van der Waals surface area contributed by atoms with Gasteiger partial charge in [-0.05, 0) is 35.4 Å². The standard InChI is InChI=1S/C14H19N5O3S/c1-18(8-11-4-2-6-21-11)13(20)10-23-14-15-16-17-19(14)9-12-5-3-7-22-12/h2,4,6,12H,3,5,7-10H2,1H3. The lowest BCUT2D eigenvalue weighted by atomic mass is 10.2.